The summed E-state index contributed by atoms with van der Waals surface area (Å²) < 4.78 is 47.2. The lowest BCUT2D eigenvalue weighted by Gasteiger charge is -2.44. The van der Waals surface area contributed by atoms with E-state index >= 15 is 0 Å². The molecule has 49 heavy (non-hydrogen) atoms. The van der Waals surface area contributed by atoms with Crippen LogP contribution in [0.25, 0.3) is 0 Å². The monoisotopic (exact) mass is 702 g/mol. The van der Waals surface area contributed by atoms with Crippen molar-refractivity contribution >= 4 is 40.9 Å². The van der Waals surface area contributed by atoms with Crippen LogP contribution in [0.2, 0.25) is 5.02 Å². The second-order valence-corrected chi connectivity index (χ2v) is 13.4. The van der Waals surface area contributed by atoms with Crippen molar-refractivity contribution in [2.75, 3.05) is 50.8 Å². The number of hydrogen-bond donors (Lipinski definition) is 3. The number of carbonyl (C=O) groups excluding carboxylic acids is 3. The van der Waals surface area contributed by atoms with E-state index in [4.69, 9.17) is 22.1 Å². The Morgan fingerprint density at radius 3 is 2.55 bits per heavy atom. The fourth-order valence-electron chi connectivity index (χ4n) is 6.87. The third-order valence-electron chi connectivity index (χ3n) is 9.57. The molecule has 2 fully saturated rings. The summed E-state index contributed by atoms with van der Waals surface area (Å²) in [7, 11) is 1.92. The second kappa shape index (κ2) is 15.0. The van der Waals surface area contributed by atoms with Gasteiger partial charge in [0, 0.05) is 82.2 Å². The minimum atomic E-state index is -4.78. The fourth-order valence-corrected chi connectivity index (χ4v) is 7.11. The first-order chi connectivity index (χ1) is 23.3. The number of rotatable bonds is 9. The van der Waals surface area contributed by atoms with Crippen LogP contribution in [0.1, 0.15) is 48.8 Å². The molecule has 14 heteroatoms. The Morgan fingerprint density at radius 2 is 1.88 bits per heavy atom. The number of nitrogens with one attached hydrogen (secondary N) is 2. The molecule has 0 bridgehead atoms. The number of ether oxygens (including phenoxy) is 1. The summed E-state index contributed by atoms with van der Waals surface area (Å²) in [5, 5.41) is 5.94. The Kier molecular flexibility index (Phi) is 11.0. The van der Waals surface area contributed by atoms with Crippen LogP contribution in [0.3, 0.4) is 0 Å². The maximum Gasteiger partial charge on any atom is 0.418 e. The zero-order chi connectivity index (χ0) is 35.3. The van der Waals surface area contributed by atoms with Gasteiger partial charge in [-0.05, 0) is 55.0 Å². The van der Waals surface area contributed by atoms with E-state index in [1.54, 1.807) is 11.0 Å². The molecule has 0 unspecified atom stereocenters. The highest BCUT2D eigenvalue weighted by molar-refractivity contribution is 6.33. The molecule has 0 radical (unpaired) electrons. The number of fused-ring (bicyclic) bond motifs is 2. The van der Waals surface area contributed by atoms with Crippen LogP contribution in [0, 0.1) is 0 Å². The molecule has 10 nitrogen and oxygen atoms in total. The van der Waals surface area contributed by atoms with Gasteiger partial charge in [-0.25, -0.2) is 4.79 Å². The minimum absolute atomic E-state index is 0.0606. The molecule has 1 spiro atoms. The molecule has 3 aliphatic heterocycles. The molecular formula is C35H42ClF3N6O4. The van der Waals surface area contributed by atoms with Gasteiger partial charge in [0.05, 0.1) is 16.3 Å². The number of likely N-dealkylation sites (tertiary alicyclic amines) is 2. The second-order valence-electron chi connectivity index (χ2n) is 13.0. The van der Waals surface area contributed by atoms with Crippen LogP contribution in [0.5, 0.6) is 0 Å². The first-order valence-electron chi connectivity index (χ1n) is 16.3. The number of anilines is 2. The van der Waals surface area contributed by atoms with Crippen molar-refractivity contribution in [2.24, 2.45) is 0 Å². The SMILES string of the molecule is C=CCN(C)/C=C\NC1CCN(C(=O)[C@@H](Cc2cc(Cl)c(N)c(C(F)(F)F)c2)OC(=O)N2CCC3(CC2)CC(=O)Nc2ccccc23)CC1. The molecule has 5 rings (SSSR count). The number of nitrogen functional groups attached to an aromatic ring is 1. The number of nitrogens with two attached hydrogens (primary N) is 1. The van der Waals surface area contributed by atoms with Crippen molar-refractivity contribution in [1.29, 1.82) is 0 Å². The van der Waals surface area contributed by atoms with Gasteiger partial charge in [-0.3, -0.25) is 9.59 Å². The number of piperidine rings is 2. The number of likely N-dealkylation sites (N-methyl/N-ethyl adjacent to an activating group) is 1. The van der Waals surface area contributed by atoms with Gasteiger partial charge in [-0.15, -0.1) is 6.58 Å². The number of nitrogens with zero attached hydrogens (tertiary/aromatic N) is 3. The van der Waals surface area contributed by atoms with Crippen LogP contribution >= 0.6 is 11.6 Å². The normalized spacial score (nSPS) is 18.5. The molecule has 0 aromatic heterocycles. The lowest BCUT2D eigenvalue weighted by Crippen LogP contribution is -2.51. The summed E-state index contributed by atoms with van der Waals surface area (Å²) in [6, 6.07) is 9.84. The van der Waals surface area contributed by atoms with E-state index in [-0.39, 0.29) is 42.0 Å². The number of para-hydroxylation sites is 1. The van der Waals surface area contributed by atoms with Crippen LogP contribution in [0.4, 0.5) is 29.3 Å². The van der Waals surface area contributed by atoms with Gasteiger partial charge in [0.25, 0.3) is 5.91 Å². The lowest BCUT2D eigenvalue weighted by molar-refractivity contribution is -0.142. The minimum Gasteiger partial charge on any atom is -0.436 e. The summed E-state index contributed by atoms with van der Waals surface area (Å²) in [5.41, 5.74) is 5.31. The van der Waals surface area contributed by atoms with E-state index in [1.807, 2.05) is 48.6 Å². The fraction of sp³-hybridized carbons (Fsp3) is 0.457. The van der Waals surface area contributed by atoms with Gasteiger partial charge in [0.15, 0.2) is 6.10 Å². The lowest BCUT2D eigenvalue weighted by atomic mass is 9.68. The molecule has 2 saturated heterocycles. The Bertz CT molecular complexity index is 1590. The molecule has 4 N–H and O–H groups in total. The highest BCUT2D eigenvalue weighted by atomic mass is 35.5. The third-order valence-corrected chi connectivity index (χ3v) is 9.88. The van der Waals surface area contributed by atoms with Crippen molar-refractivity contribution in [3.05, 3.63) is 83.2 Å². The molecular weight excluding hydrogens is 661 g/mol. The molecule has 3 amide bonds. The van der Waals surface area contributed by atoms with Gasteiger partial charge in [-0.2, -0.15) is 13.2 Å². The quantitative estimate of drug-likeness (QED) is 0.232. The van der Waals surface area contributed by atoms with E-state index in [0.29, 0.717) is 51.7 Å². The molecule has 3 aliphatic rings. The number of carbonyl (C=O) groups is 3. The van der Waals surface area contributed by atoms with E-state index in [2.05, 4.69) is 17.2 Å². The van der Waals surface area contributed by atoms with Gasteiger partial charge >= 0.3 is 12.3 Å². The molecule has 2 aromatic rings. The zero-order valence-corrected chi connectivity index (χ0v) is 28.2. The van der Waals surface area contributed by atoms with Crippen molar-refractivity contribution in [1.82, 2.24) is 20.0 Å². The number of benzene rings is 2. The molecule has 0 saturated carbocycles. The molecule has 264 valence electrons. The Balaban J connectivity index is 1.30. The van der Waals surface area contributed by atoms with Crippen molar-refractivity contribution in [3.63, 3.8) is 0 Å². The number of halogens is 4. The van der Waals surface area contributed by atoms with E-state index in [1.165, 1.54) is 11.0 Å². The van der Waals surface area contributed by atoms with Gasteiger partial charge < -0.3 is 35.8 Å². The first kappa shape index (κ1) is 35.9. The van der Waals surface area contributed by atoms with E-state index < -0.39 is 40.9 Å². The van der Waals surface area contributed by atoms with Crippen molar-refractivity contribution in [2.45, 2.75) is 62.3 Å². The molecule has 3 heterocycles. The topological polar surface area (TPSA) is 120 Å². The summed E-state index contributed by atoms with van der Waals surface area (Å²) in [6.45, 7) is 5.70. The maximum absolute atomic E-state index is 13.9. The average Bonchev–Trinajstić information content (AvgIpc) is 3.06. The first-order valence-corrected chi connectivity index (χ1v) is 16.7. The number of amides is 3. The Morgan fingerprint density at radius 1 is 1.18 bits per heavy atom. The highest BCUT2D eigenvalue weighted by Crippen LogP contribution is 2.45. The maximum atomic E-state index is 13.9. The van der Waals surface area contributed by atoms with E-state index in [0.717, 1.165) is 17.3 Å². The number of alkyl halides is 3. The summed E-state index contributed by atoms with van der Waals surface area (Å²) in [6.07, 6.45) is 0.833. The standard InChI is InChI=1S/C35H42ClF3N6O4/c1-3-13-43(2)18-12-41-24-8-14-44(15-9-24)32(47)29(21-23-19-26(35(37,38)39)31(40)27(36)20-23)49-33(48)45-16-10-34(11-17-45)22-30(46)42-28-7-5-4-6-25(28)34/h3-7,12,18-20,24,29,41H,1,8-11,13-17,21-22,40H2,2H3,(H,42,46)/b18-12-/t29-/m1/s1. The summed E-state index contributed by atoms with van der Waals surface area (Å²) in [5.74, 6) is -0.586. The molecule has 1 atom stereocenters. The van der Waals surface area contributed by atoms with Crippen LogP contribution in [-0.2, 0) is 32.3 Å². The van der Waals surface area contributed by atoms with Crippen molar-refractivity contribution in [3.8, 4) is 0 Å². The van der Waals surface area contributed by atoms with E-state index in [9.17, 15) is 27.6 Å². The van der Waals surface area contributed by atoms with Gasteiger partial charge in [0.1, 0.15) is 0 Å². The highest BCUT2D eigenvalue weighted by Gasteiger charge is 2.44. The van der Waals surface area contributed by atoms with Crippen LogP contribution < -0.4 is 16.4 Å². The smallest absolute Gasteiger partial charge is 0.418 e. The summed E-state index contributed by atoms with van der Waals surface area (Å²) in [4.78, 5) is 45.1. The average molecular weight is 703 g/mol. The molecule has 2 aromatic carbocycles. The largest absolute Gasteiger partial charge is 0.436 e. The zero-order valence-electron chi connectivity index (χ0n) is 27.4. The van der Waals surface area contributed by atoms with Crippen LogP contribution in [0.15, 0.2) is 61.5 Å². The van der Waals surface area contributed by atoms with Crippen LogP contribution in [-0.4, -0.2) is 84.5 Å². The van der Waals surface area contributed by atoms with Gasteiger partial charge in [-0.1, -0.05) is 35.9 Å². The summed E-state index contributed by atoms with van der Waals surface area (Å²) >= 11 is 6.09. The van der Waals surface area contributed by atoms with Gasteiger partial charge in [0.2, 0.25) is 5.91 Å². The predicted molar refractivity (Wildman–Crippen MR) is 182 cm³/mol. The molecule has 0 aliphatic carbocycles. The Labute approximate surface area is 289 Å². The van der Waals surface area contributed by atoms with Crippen molar-refractivity contribution < 1.29 is 32.3 Å². The third kappa shape index (κ3) is 8.44. The predicted octanol–water partition coefficient (Wildman–Crippen LogP) is 5.53. The Hall–Kier alpha value is -4.39. The number of hydrogen-bond acceptors (Lipinski definition) is 7.